The quantitative estimate of drug-likeness (QED) is 0.665. The number of nitrogens with one attached hydrogen (secondary N) is 1. The fourth-order valence-corrected chi connectivity index (χ4v) is 3.33. The van der Waals surface area contributed by atoms with Gasteiger partial charge in [0.2, 0.25) is 0 Å². The molecule has 0 aliphatic rings. The molecule has 2 N–H and O–H groups in total. The number of carboxylic acids is 1. The minimum Gasteiger partial charge on any atom is -0.480 e. The van der Waals surface area contributed by atoms with Crippen LogP contribution < -0.4 is 5.32 Å². The summed E-state index contributed by atoms with van der Waals surface area (Å²) in [5.41, 5.74) is 2.98. The number of hydrogen-bond donors (Lipinski definition) is 2. The molecule has 134 valence electrons. The lowest BCUT2D eigenvalue weighted by atomic mass is 10.0. The van der Waals surface area contributed by atoms with E-state index < -0.39 is 12.0 Å². The summed E-state index contributed by atoms with van der Waals surface area (Å²) in [6.07, 6.45) is 1.23. The fraction of sp³-hybridized carbons (Fsp3) is 0.421. The molecule has 0 saturated heterocycles. The second-order valence-electron chi connectivity index (χ2n) is 5.87. The molecule has 1 unspecified atom stereocenters. The number of aliphatic carboxylic acids is 1. The molecule has 0 amide bonds. The van der Waals surface area contributed by atoms with Gasteiger partial charge in [0.05, 0.1) is 0 Å². The zero-order valence-electron chi connectivity index (χ0n) is 15.0. The number of carbonyl (C=O) groups is 1. The molecule has 25 heavy (non-hydrogen) atoms. The van der Waals surface area contributed by atoms with Crippen LogP contribution in [-0.4, -0.2) is 38.6 Å². The van der Waals surface area contributed by atoms with E-state index in [1.165, 1.54) is 0 Å². The van der Waals surface area contributed by atoms with Crippen molar-refractivity contribution in [2.75, 3.05) is 16.8 Å². The van der Waals surface area contributed by atoms with E-state index in [1.54, 1.807) is 11.8 Å². The summed E-state index contributed by atoms with van der Waals surface area (Å²) in [5, 5.41) is 12.7. The molecule has 1 atom stereocenters. The van der Waals surface area contributed by atoms with Gasteiger partial charge in [-0.25, -0.2) is 14.8 Å². The van der Waals surface area contributed by atoms with E-state index >= 15 is 0 Å². The highest BCUT2D eigenvalue weighted by atomic mass is 32.2. The number of aromatic nitrogens is 2. The minimum atomic E-state index is -0.851. The van der Waals surface area contributed by atoms with Crippen molar-refractivity contribution in [1.82, 2.24) is 9.97 Å². The van der Waals surface area contributed by atoms with Crippen LogP contribution in [0, 0.1) is 13.8 Å². The first-order chi connectivity index (χ1) is 12.0. The number of thioether (sulfide) groups is 1. The second kappa shape index (κ2) is 9.42. The highest BCUT2D eigenvalue weighted by Gasteiger charge is 2.20. The van der Waals surface area contributed by atoms with Crippen molar-refractivity contribution in [2.45, 2.75) is 39.7 Å². The maximum Gasteiger partial charge on any atom is 0.326 e. The Bertz CT molecular complexity index is 707. The lowest BCUT2D eigenvalue weighted by Crippen LogP contribution is -2.31. The van der Waals surface area contributed by atoms with E-state index in [-0.39, 0.29) is 0 Å². The predicted octanol–water partition coefficient (Wildman–Crippen LogP) is 3.69. The van der Waals surface area contributed by atoms with E-state index in [4.69, 9.17) is 0 Å². The Labute approximate surface area is 153 Å². The summed E-state index contributed by atoms with van der Waals surface area (Å²) < 4.78 is 0. The SMILES string of the molecule is CCSCCC(Nc1nc(C)nc(C)c1Cc1ccccc1)C(=O)O. The zero-order chi connectivity index (χ0) is 18.2. The van der Waals surface area contributed by atoms with Gasteiger partial charge < -0.3 is 10.4 Å². The summed E-state index contributed by atoms with van der Waals surface area (Å²) in [7, 11) is 0. The van der Waals surface area contributed by atoms with E-state index in [1.807, 2.05) is 32.0 Å². The average molecular weight is 359 g/mol. The highest BCUT2D eigenvalue weighted by molar-refractivity contribution is 7.99. The third-order valence-corrected chi connectivity index (χ3v) is 4.85. The molecule has 0 saturated carbocycles. The van der Waals surface area contributed by atoms with E-state index in [2.05, 4.69) is 34.3 Å². The van der Waals surface area contributed by atoms with Crippen molar-refractivity contribution in [3.05, 3.63) is 53.0 Å². The van der Waals surface area contributed by atoms with Gasteiger partial charge in [-0.2, -0.15) is 11.8 Å². The lowest BCUT2D eigenvalue weighted by molar-refractivity contribution is -0.137. The highest BCUT2D eigenvalue weighted by Crippen LogP contribution is 2.22. The number of hydrogen-bond acceptors (Lipinski definition) is 5. The van der Waals surface area contributed by atoms with E-state index in [0.717, 1.165) is 28.3 Å². The van der Waals surface area contributed by atoms with Crippen LogP contribution in [0.3, 0.4) is 0 Å². The summed E-state index contributed by atoms with van der Waals surface area (Å²) in [6.45, 7) is 5.84. The van der Waals surface area contributed by atoms with Crippen LogP contribution in [0.5, 0.6) is 0 Å². The number of nitrogens with zero attached hydrogens (tertiary/aromatic N) is 2. The molecule has 6 heteroatoms. The first kappa shape index (κ1) is 19.2. The third-order valence-electron chi connectivity index (χ3n) is 3.91. The molecule has 2 rings (SSSR count). The minimum absolute atomic E-state index is 0.556. The van der Waals surface area contributed by atoms with Crippen LogP contribution in [0.25, 0.3) is 0 Å². The topological polar surface area (TPSA) is 75.1 Å². The molecular weight excluding hydrogens is 334 g/mol. The van der Waals surface area contributed by atoms with Gasteiger partial charge in [0.15, 0.2) is 0 Å². The maximum absolute atomic E-state index is 11.6. The molecule has 2 aromatic rings. The molecule has 1 heterocycles. The molecule has 0 aliphatic carbocycles. The Balaban J connectivity index is 2.27. The number of rotatable bonds is 9. The molecule has 5 nitrogen and oxygen atoms in total. The zero-order valence-corrected chi connectivity index (χ0v) is 15.8. The van der Waals surface area contributed by atoms with Crippen molar-refractivity contribution in [3.8, 4) is 0 Å². The Morgan fingerprint density at radius 3 is 2.60 bits per heavy atom. The summed E-state index contributed by atoms with van der Waals surface area (Å²) in [4.78, 5) is 20.6. The fourth-order valence-electron chi connectivity index (χ4n) is 2.63. The van der Waals surface area contributed by atoms with Gasteiger partial charge in [-0.3, -0.25) is 0 Å². The van der Waals surface area contributed by atoms with Gasteiger partial charge in [-0.05, 0) is 37.3 Å². The van der Waals surface area contributed by atoms with Crippen LogP contribution in [0.4, 0.5) is 5.82 Å². The molecule has 0 fully saturated rings. The van der Waals surface area contributed by atoms with Gasteiger partial charge >= 0.3 is 5.97 Å². The smallest absolute Gasteiger partial charge is 0.326 e. The predicted molar refractivity (Wildman–Crippen MR) is 103 cm³/mol. The molecule has 0 spiro atoms. The third kappa shape index (κ3) is 5.74. The second-order valence-corrected chi connectivity index (χ2v) is 7.26. The molecule has 1 aromatic heterocycles. The molecule has 0 aliphatic heterocycles. The van der Waals surface area contributed by atoms with Crippen molar-refractivity contribution in [3.63, 3.8) is 0 Å². The van der Waals surface area contributed by atoms with Crippen molar-refractivity contribution in [1.29, 1.82) is 0 Å². The Morgan fingerprint density at radius 1 is 1.24 bits per heavy atom. The van der Waals surface area contributed by atoms with Crippen molar-refractivity contribution < 1.29 is 9.90 Å². The van der Waals surface area contributed by atoms with Crippen molar-refractivity contribution in [2.24, 2.45) is 0 Å². The van der Waals surface area contributed by atoms with Gasteiger partial charge in [0.25, 0.3) is 0 Å². The van der Waals surface area contributed by atoms with E-state index in [9.17, 15) is 9.90 Å². The summed E-state index contributed by atoms with van der Waals surface area (Å²) >= 11 is 1.74. The van der Waals surface area contributed by atoms with Crippen LogP contribution in [-0.2, 0) is 11.2 Å². The number of benzene rings is 1. The van der Waals surface area contributed by atoms with Crippen LogP contribution in [0.2, 0.25) is 0 Å². The number of carboxylic acid groups (broad SMARTS) is 1. The average Bonchev–Trinajstić information content (AvgIpc) is 2.58. The largest absolute Gasteiger partial charge is 0.480 e. The molecule has 0 bridgehead atoms. The number of anilines is 1. The van der Waals surface area contributed by atoms with Crippen molar-refractivity contribution >= 4 is 23.5 Å². The summed E-state index contributed by atoms with van der Waals surface area (Å²) in [6, 6.07) is 9.42. The Morgan fingerprint density at radius 2 is 1.96 bits per heavy atom. The first-order valence-corrected chi connectivity index (χ1v) is 9.61. The number of aryl methyl sites for hydroxylation is 2. The molecular formula is C19H25N3O2S. The Hall–Kier alpha value is -2.08. The maximum atomic E-state index is 11.6. The van der Waals surface area contributed by atoms with Gasteiger partial charge in [0, 0.05) is 17.7 Å². The summed E-state index contributed by atoms with van der Waals surface area (Å²) in [5.74, 6) is 2.21. The first-order valence-electron chi connectivity index (χ1n) is 8.46. The molecule has 0 radical (unpaired) electrons. The standard InChI is InChI=1S/C19H25N3O2S/c1-4-25-11-10-17(19(23)24)22-18-16(13(2)20-14(3)21-18)12-15-8-6-5-7-9-15/h5-9,17H,4,10-12H2,1-3H3,(H,23,24)(H,20,21,22). The van der Waals surface area contributed by atoms with Crippen LogP contribution in [0.1, 0.15) is 36.0 Å². The van der Waals surface area contributed by atoms with Crippen LogP contribution >= 0.6 is 11.8 Å². The lowest BCUT2D eigenvalue weighted by Gasteiger charge is -2.19. The Kier molecular flexibility index (Phi) is 7.25. The van der Waals surface area contributed by atoms with E-state index in [0.29, 0.717) is 24.5 Å². The van der Waals surface area contributed by atoms with Crippen LogP contribution in [0.15, 0.2) is 30.3 Å². The monoisotopic (exact) mass is 359 g/mol. The normalized spacial score (nSPS) is 12.0. The van der Waals surface area contributed by atoms with Gasteiger partial charge in [0.1, 0.15) is 17.7 Å². The molecule has 1 aromatic carbocycles. The van der Waals surface area contributed by atoms with Gasteiger partial charge in [-0.1, -0.05) is 37.3 Å². The van der Waals surface area contributed by atoms with Gasteiger partial charge in [-0.15, -0.1) is 0 Å².